The van der Waals surface area contributed by atoms with Crippen LogP contribution in [0.1, 0.15) is 30.6 Å². The summed E-state index contributed by atoms with van der Waals surface area (Å²) in [5.41, 5.74) is 8.06. The SMILES string of the molecule is CCCn1ncc(Br)c1C(N)c1cncnc1. The third kappa shape index (κ3) is 2.53. The molecule has 2 aromatic heterocycles. The van der Waals surface area contributed by atoms with Crippen molar-refractivity contribution < 1.29 is 0 Å². The van der Waals surface area contributed by atoms with Crippen molar-refractivity contribution >= 4 is 15.9 Å². The Morgan fingerprint density at radius 3 is 2.71 bits per heavy atom. The highest BCUT2D eigenvalue weighted by Gasteiger charge is 2.18. The lowest BCUT2D eigenvalue weighted by atomic mass is 10.1. The number of halogens is 1. The smallest absolute Gasteiger partial charge is 0.115 e. The number of nitrogens with zero attached hydrogens (tertiary/aromatic N) is 4. The first-order valence-corrected chi connectivity index (χ1v) is 6.25. The molecule has 0 saturated carbocycles. The van der Waals surface area contributed by atoms with Gasteiger partial charge in [-0.25, -0.2) is 9.97 Å². The van der Waals surface area contributed by atoms with E-state index in [1.54, 1.807) is 18.6 Å². The first-order valence-electron chi connectivity index (χ1n) is 5.45. The van der Waals surface area contributed by atoms with Crippen LogP contribution in [0.5, 0.6) is 0 Å². The predicted octanol–water partition coefficient (Wildman–Crippen LogP) is 1.89. The van der Waals surface area contributed by atoms with Crippen molar-refractivity contribution in [2.45, 2.75) is 25.9 Å². The molecule has 0 aromatic carbocycles. The van der Waals surface area contributed by atoms with Gasteiger partial charge in [-0.15, -0.1) is 0 Å². The van der Waals surface area contributed by atoms with Crippen LogP contribution in [0, 0.1) is 0 Å². The monoisotopic (exact) mass is 295 g/mol. The van der Waals surface area contributed by atoms with Gasteiger partial charge >= 0.3 is 0 Å². The third-order valence-electron chi connectivity index (χ3n) is 2.50. The van der Waals surface area contributed by atoms with E-state index in [0.717, 1.165) is 28.7 Å². The summed E-state index contributed by atoms with van der Waals surface area (Å²) in [7, 11) is 0. The van der Waals surface area contributed by atoms with E-state index in [1.807, 2.05) is 4.68 Å². The molecule has 90 valence electrons. The van der Waals surface area contributed by atoms with E-state index in [9.17, 15) is 0 Å². The minimum atomic E-state index is -0.264. The highest BCUT2D eigenvalue weighted by Crippen LogP contribution is 2.26. The summed E-state index contributed by atoms with van der Waals surface area (Å²) >= 11 is 3.48. The van der Waals surface area contributed by atoms with Crippen molar-refractivity contribution in [3.05, 3.63) is 40.6 Å². The van der Waals surface area contributed by atoms with E-state index < -0.39 is 0 Å². The molecule has 2 rings (SSSR count). The zero-order valence-electron chi connectivity index (χ0n) is 9.55. The fraction of sp³-hybridized carbons (Fsp3) is 0.364. The highest BCUT2D eigenvalue weighted by molar-refractivity contribution is 9.10. The molecule has 2 heterocycles. The van der Waals surface area contributed by atoms with Gasteiger partial charge in [0.15, 0.2) is 0 Å². The molecule has 1 atom stereocenters. The Labute approximate surface area is 108 Å². The Bertz CT molecular complexity index is 482. The van der Waals surface area contributed by atoms with Crippen LogP contribution in [0.15, 0.2) is 29.4 Å². The molecule has 0 aliphatic carbocycles. The van der Waals surface area contributed by atoms with Crippen LogP contribution >= 0.6 is 15.9 Å². The molecule has 2 aromatic rings. The summed E-state index contributed by atoms with van der Waals surface area (Å²) in [5, 5.41) is 4.30. The molecule has 2 N–H and O–H groups in total. The van der Waals surface area contributed by atoms with Crippen molar-refractivity contribution in [1.29, 1.82) is 0 Å². The maximum absolute atomic E-state index is 6.22. The first kappa shape index (κ1) is 12.2. The molecule has 0 aliphatic rings. The molecular formula is C11H14BrN5. The normalized spacial score (nSPS) is 12.6. The molecule has 0 fully saturated rings. The first-order chi connectivity index (χ1) is 8.24. The minimum absolute atomic E-state index is 0.264. The largest absolute Gasteiger partial charge is 0.319 e. The number of rotatable bonds is 4. The summed E-state index contributed by atoms with van der Waals surface area (Å²) in [5.74, 6) is 0. The number of hydrogen-bond donors (Lipinski definition) is 1. The van der Waals surface area contributed by atoms with Crippen LogP contribution in [0.25, 0.3) is 0 Å². The van der Waals surface area contributed by atoms with E-state index in [2.05, 4.69) is 37.9 Å². The molecular weight excluding hydrogens is 282 g/mol. The van der Waals surface area contributed by atoms with Gasteiger partial charge in [-0.2, -0.15) is 5.10 Å². The molecule has 0 saturated heterocycles. The standard InChI is InChI=1S/C11H14BrN5/c1-2-3-17-11(9(12)6-16-17)10(13)8-4-14-7-15-5-8/h4-7,10H,2-3,13H2,1H3. The molecule has 5 nitrogen and oxygen atoms in total. The van der Waals surface area contributed by atoms with Crippen molar-refractivity contribution in [3.8, 4) is 0 Å². The number of aromatic nitrogens is 4. The summed E-state index contributed by atoms with van der Waals surface area (Å²) in [6, 6.07) is -0.264. The molecule has 1 unspecified atom stereocenters. The van der Waals surface area contributed by atoms with Gasteiger partial charge in [0.05, 0.1) is 22.4 Å². The van der Waals surface area contributed by atoms with Crippen LogP contribution in [0.2, 0.25) is 0 Å². The third-order valence-corrected chi connectivity index (χ3v) is 3.11. The summed E-state index contributed by atoms with van der Waals surface area (Å²) in [4.78, 5) is 7.97. The lowest BCUT2D eigenvalue weighted by molar-refractivity contribution is 0.558. The topological polar surface area (TPSA) is 69.6 Å². The van der Waals surface area contributed by atoms with Gasteiger partial charge in [0.25, 0.3) is 0 Å². The lowest BCUT2D eigenvalue weighted by Gasteiger charge is -2.14. The van der Waals surface area contributed by atoms with E-state index in [0.29, 0.717) is 0 Å². The Kier molecular flexibility index (Phi) is 3.86. The second-order valence-corrected chi connectivity index (χ2v) is 4.60. The van der Waals surface area contributed by atoms with E-state index in [4.69, 9.17) is 5.73 Å². The number of nitrogens with two attached hydrogens (primary N) is 1. The summed E-state index contributed by atoms with van der Waals surface area (Å²) in [6.45, 7) is 2.96. The number of hydrogen-bond acceptors (Lipinski definition) is 4. The van der Waals surface area contributed by atoms with Crippen molar-refractivity contribution in [2.24, 2.45) is 5.73 Å². The molecule has 0 spiro atoms. The predicted molar refractivity (Wildman–Crippen MR) is 68.3 cm³/mol. The fourth-order valence-electron chi connectivity index (χ4n) is 1.70. The minimum Gasteiger partial charge on any atom is -0.319 e. The lowest BCUT2D eigenvalue weighted by Crippen LogP contribution is -2.18. The molecule has 0 amide bonds. The van der Waals surface area contributed by atoms with Gasteiger partial charge in [0.1, 0.15) is 6.33 Å². The van der Waals surface area contributed by atoms with E-state index in [1.165, 1.54) is 6.33 Å². The molecule has 0 bridgehead atoms. The zero-order chi connectivity index (χ0) is 12.3. The van der Waals surface area contributed by atoms with Crippen LogP contribution < -0.4 is 5.73 Å². The Morgan fingerprint density at radius 2 is 2.06 bits per heavy atom. The van der Waals surface area contributed by atoms with Gasteiger partial charge < -0.3 is 5.73 Å². The maximum atomic E-state index is 6.22. The van der Waals surface area contributed by atoms with Crippen molar-refractivity contribution in [3.63, 3.8) is 0 Å². The van der Waals surface area contributed by atoms with Crippen LogP contribution in [0.3, 0.4) is 0 Å². The zero-order valence-corrected chi connectivity index (χ0v) is 11.1. The van der Waals surface area contributed by atoms with E-state index >= 15 is 0 Å². The molecule has 17 heavy (non-hydrogen) atoms. The van der Waals surface area contributed by atoms with Gasteiger partial charge in [-0.1, -0.05) is 6.92 Å². The fourth-order valence-corrected chi connectivity index (χ4v) is 2.24. The van der Waals surface area contributed by atoms with Gasteiger partial charge in [0, 0.05) is 24.5 Å². The summed E-state index contributed by atoms with van der Waals surface area (Å²) < 4.78 is 2.84. The molecule has 0 radical (unpaired) electrons. The quantitative estimate of drug-likeness (QED) is 0.935. The average Bonchev–Trinajstić information content (AvgIpc) is 2.71. The van der Waals surface area contributed by atoms with Gasteiger partial charge in [-0.05, 0) is 22.4 Å². The molecule has 6 heteroatoms. The Morgan fingerprint density at radius 1 is 1.35 bits per heavy atom. The van der Waals surface area contributed by atoms with Crippen LogP contribution in [-0.4, -0.2) is 19.7 Å². The molecule has 0 aliphatic heterocycles. The number of aryl methyl sites for hydroxylation is 1. The second-order valence-electron chi connectivity index (χ2n) is 3.75. The maximum Gasteiger partial charge on any atom is 0.115 e. The van der Waals surface area contributed by atoms with Crippen LogP contribution in [-0.2, 0) is 6.54 Å². The van der Waals surface area contributed by atoms with Crippen molar-refractivity contribution in [1.82, 2.24) is 19.7 Å². The van der Waals surface area contributed by atoms with Gasteiger partial charge in [0.2, 0.25) is 0 Å². The Balaban J connectivity index is 2.36. The second kappa shape index (κ2) is 5.37. The summed E-state index contributed by atoms with van der Waals surface area (Å²) in [6.07, 6.45) is 7.74. The van der Waals surface area contributed by atoms with Crippen molar-refractivity contribution in [2.75, 3.05) is 0 Å². The highest BCUT2D eigenvalue weighted by atomic mass is 79.9. The average molecular weight is 296 g/mol. The van der Waals surface area contributed by atoms with Gasteiger partial charge in [-0.3, -0.25) is 4.68 Å². The van der Waals surface area contributed by atoms with E-state index in [-0.39, 0.29) is 6.04 Å². The Hall–Kier alpha value is -1.27. The van der Waals surface area contributed by atoms with Crippen LogP contribution in [0.4, 0.5) is 0 Å².